The quantitative estimate of drug-likeness (QED) is 0.665. The van der Waals surface area contributed by atoms with Crippen LogP contribution in [0.2, 0.25) is 0 Å². The van der Waals surface area contributed by atoms with Gasteiger partial charge in [-0.1, -0.05) is 42.5 Å². The molecule has 1 aliphatic heterocycles. The Morgan fingerprint density at radius 1 is 1.00 bits per heavy atom. The molecule has 0 bridgehead atoms. The van der Waals surface area contributed by atoms with Gasteiger partial charge in [-0.05, 0) is 17.7 Å². The van der Waals surface area contributed by atoms with Crippen LogP contribution in [0.25, 0.3) is 11.0 Å². The van der Waals surface area contributed by atoms with Gasteiger partial charge in [-0.15, -0.1) is 11.8 Å². The fraction of sp³-hybridized carbons (Fsp3) is 0.188. The summed E-state index contributed by atoms with van der Waals surface area (Å²) in [5.41, 5.74) is 3.72. The van der Waals surface area contributed by atoms with Gasteiger partial charge in [-0.3, -0.25) is 0 Å². The number of aryl methyl sites for hydroxylation is 1. The maximum Gasteiger partial charge on any atom is 0.111 e. The van der Waals surface area contributed by atoms with Crippen molar-refractivity contribution in [3.05, 3.63) is 66.0 Å². The lowest BCUT2D eigenvalue weighted by Crippen LogP contribution is -2.17. The summed E-state index contributed by atoms with van der Waals surface area (Å²) in [4.78, 5) is 4.78. The molecule has 19 heavy (non-hydrogen) atoms. The SMILES string of the molecule is c1ccc(C2SCCc3nc4ccccc4n32)cc1. The molecule has 1 atom stereocenters. The van der Waals surface area contributed by atoms with Crippen LogP contribution < -0.4 is 0 Å². The summed E-state index contributed by atoms with van der Waals surface area (Å²) < 4.78 is 2.40. The van der Waals surface area contributed by atoms with E-state index in [0.29, 0.717) is 5.37 Å². The van der Waals surface area contributed by atoms with E-state index in [0.717, 1.165) is 17.7 Å². The maximum absolute atomic E-state index is 4.78. The summed E-state index contributed by atoms with van der Waals surface area (Å²) in [6, 6.07) is 19.2. The van der Waals surface area contributed by atoms with Crippen molar-refractivity contribution in [3.63, 3.8) is 0 Å². The molecule has 0 saturated carbocycles. The zero-order valence-electron chi connectivity index (χ0n) is 10.5. The number of aromatic nitrogens is 2. The van der Waals surface area contributed by atoms with Crippen LogP contribution in [-0.4, -0.2) is 15.3 Å². The van der Waals surface area contributed by atoms with Crippen molar-refractivity contribution in [1.29, 1.82) is 0 Å². The van der Waals surface area contributed by atoms with Gasteiger partial charge in [0, 0.05) is 12.2 Å². The van der Waals surface area contributed by atoms with E-state index in [-0.39, 0.29) is 0 Å². The van der Waals surface area contributed by atoms with E-state index in [4.69, 9.17) is 4.98 Å². The first-order valence-electron chi connectivity index (χ1n) is 6.56. The Morgan fingerprint density at radius 3 is 2.68 bits per heavy atom. The minimum atomic E-state index is 0.359. The molecule has 94 valence electrons. The zero-order valence-corrected chi connectivity index (χ0v) is 11.3. The average molecular weight is 266 g/mol. The lowest BCUT2D eigenvalue weighted by molar-refractivity contribution is 0.717. The van der Waals surface area contributed by atoms with Gasteiger partial charge in [-0.25, -0.2) is 4.98 Å². The third-order valence-corrected chi connectivity index (χ3v) is 4.83. The third-order valence-electron chi connectivity index (χ3n) is 3.59. The molecule has 0 N–H and O–H groups in total. The van der Waals surface area contributed by atoms with E-state index in [2.05, 4.69) is 59.2 Å². The van der Waals surface area contributed by atoms with Crippen LogP contribution in [0.3, 0.4) is 0 Å². The van der Waals surface area contributed by atoms with Gasteiger partial charge < -0.3 is 4.57 Å². The van der Waals surface area contributed by atoms with Crippen LogP contribution in [0.1, 0.15) is 16.8 Å². The second kappa shape index (κ2) is 4.42. The Hall–Kier alpha value is -1.74. The summed E-state index contributed by atoms with van der Waals surface area (Å²) in [5.74, 6) is 2.36. The van der Waals surface area contributed by atoms with Crippen LogP contribution in [0.5, 0.6) is 0 Å². The molecule has 1 aliphatic rings. The number of nitrogens with zero attached hydrogens (tertiary/aromatic N) is 2. The van der Waals surface area contributed by atoms with Gasteiger partial charge in [0.1, 0.15) is 11.2 Å². The normalized spacial score (nSPS) is 18.4. The monoisotopic (exact) mass is 266 g/mol. The second-order valence-corrected chi connectivity index (χ2v) is 5.96. The van der Waals surface area contributed by atoms with E-state index in [9.17, 15) is 0 Å². The standard InChI is InChI=1S/C16H14N2S/c1-2-6-12(7-3-1)16-18-14-9-5-4-8-13(14)17-15(18)10-11-19-16/h1-9,16H,10-11H2. The average Bonchev–Trinajstić information content (AvgIpc) is 2.86. The van der Waals surface area contributed by atoms with Gasteiger partial charge in [0.2, 0.25) is 0 Å². The molecule has 2 nitrogen and oxygen atoms in total. The first-order chi connectivity index (χ1) is 9.43. The van der Waals surface area contributed by atoms with E-state index in [1.807, 2.05) is 11.8 Å². The number of para-hydroxylation sites is 2. The van der Waals surface area contributed by atoms with Crippen molar-refractivity contribution >= 4 is 22.8 Å². The van der Waals surface area contributed by atoms with Crippen molar-refractivity contribution < 1.29 is 0 Å². The van der Waals surface area contributed by atoms with Gasteiger partial charge >= 0.3 is 0 Å². The minimum absolute atomic E-state index is 0.359. The molecule has 0 amide bonds. The Labute approximate surface area is 116 Å². The van der Waals surface area contributed by atoms with Crippen molar-refractivity contribution in [2.75, 3.05) is 5.75 Å². The molecule has 4 rings (SSSR count). The van der Waals surface area contributed by atoms with E-state index in [1.165, 1.54) is 16.9 Å². The molecule has 2 aromatic carbocycles. The summed E-state index contributed by atoms with van der Waals surface area (Å²) in [6.45, 7) is 0. The van der Waals surface area contributed by atoms with E-state index in [1.54, 1.807) is 0 Å². The van der Waals surface area contributed by atoms with Crippen molar-refractivity contribution in [1.82, 2.24) is 9.55 Å². The number of benzene rings is 2. The fourth-order valence-electron chi connectivity index (χ4n) is 2.73. The number of hydrogen-bond acceptors (Lipinski definition) is 2. The molecular weight excluding hydrogens is 252 g/mol. The van der Waals surface area contributed by atoms with Crippen LogP contribution in [0.4, 0.5) is 0 Å². The van der Waals surface area contributed by atoms with Gasteiger partial charge in [0.15, 0.2) is 0 Å². The van der Waals surface area contributed by atoms with Gasteiger partial charge in [0.25, 0.3) is 0 Å². The third kappa shape index (κ3) is 1.77. The van der Waals surface area contributed by atoms with Crippen LogP contribution in [-0.2, 0) is 6.42 Å². The lowest BCUT2D eigenvalue weighted by Gasteiger charge is -2.25. The second-order valence-electron chi connectivity index (χ2n) is 4.77. The minimum Gasteiger partial charge on any atom is -0.311 e. The van der Waals surface area contributed by atoms with Gasteiger partial charge in [-0.2, -0.15) is 0 Å². The molecule has 0 saturated heterocycles. The number of rotatable bonds is 1. The molecule has 3 aromatic rings. The van der Waals surface area contributed by atoms with Crippen molar-refractivity contribution in [2.24, 2.45) is 0 Å². The summed E-state index contributed by atoms with van der Waals surface area (Å²) in [6.07, 6.45) is 1.06. The molecule has 1 unspecified atom stereocenters. The Kier molecular flexibility index (Phi) is 2.59. The molecule has 0 aliphatic carbocycles. The lowest BCUT2D eigenvalue weighted by atomic mass is 10.2. The summed E-state index contributed by atoms with van der Waals surface area (Å²) >= 11 is 2.00. The maximum atomic E-state index is 4.78. The van der Waals surface area contributed by atoms with E-state index < -0.39 is 0 Å². The Bertz CT molecular complexity index is 718. The number of imidazole rings is 1. The first-order valence-corrected chi connectivity index (χ1v) is 7.61. The first kappa shape index (κ1) is 11.1. The highest BCUT2D eigenvalue weighted by molar-refractivity contribution is 7.99. The number of fused-ring (bicyclic) bond motifs is 3. The Morgan fingerprint density at radius 2 is 1.79 bits per heavy atom. The highest BCUT2D eigenvalue weighted by Gasteiger charge is 2.24. The molecule has 0 radical (unpaired) electrons. The van der Waals surface area contributed by atoms with Crippen molar-refractivity contribution in [2.45, 2.75) is 11.8 Å². The largest absolute Gasteiger partial charge is 0.311 e. The van der Waals surface area contributed by atoms with Gasteiger partial charge in [0.05, 0.1) is 11.0 Å². The van der Waals surface area contributed by atoms with Crippen LogP contribution >= 0.6 is 11.8 Å². The van der Waals surface area contributed by atoms with E-state index >= 15 is 0 Å². The Balaban J connectivity index is 1.95. The van der Waals surface area contributed by atoms with Crippen LogP contribution in [0, 0.1) is 0 Å². The highest BCUT2D eigenvalue weighted by Crippen LogP contribution is 2.38. The fourth-order valence-corrected chi connectivity index (χ4v) is 3.99. The summed E-state index contributed by atoms with van der Waals surface area (Å²) in [5, 5.41) is 0.359. The molecule has 3 heteroatoms. The molecule has 2 heterocycles. The van der Waals surface area contributed by atoms with Crippen LogP contribution in [0.15, 0.2) is 54.6 Å². The predicted molar refractivity (Wildman–Crippen MR) is 80.5 cm³/mol. The topological polar surface area (TPSA) is 17.8 Å². The molecular formula is C16H14N2S. The number of thioether (sulfide) groups is 1. The smallest absolute Gasteiger partial charge is 0.111 e. The summed E-state index contributed by atoms with van der Waals surface area (Å²) in [7, 11) is 0. The predicted octanol–water partition coefficient (Wildman–Crippen LogP) is 3.87. The number of hydrogen-bond donors (Lipinski definition) is 0. The zero-order chi connectivity index (χ0) is 12.7. The molecule has 0 fully saturated rings. The highest BCUT2D eigenvalue weighted by atomic mass is 32.2. The molecule has 1 aromatic heterocycles. The van der Waals surface area contributed by atoms with Crippen molar-refractivity contribution in [3.8, 4) is 0 Å². The molecule has 0 spiro atoms.